The molecule has 8 nitrogen and oxygen atoms in total. The van der Waals surface area contributed by atoms with Gasteiger partial charge in [0.15, 0.2) is 4.96 Å². The summed E-state index contributed by atoms with van der Waals surface area (Å²) in [5, 5.41) is 0.143. The zero-order valence-electron chi connectivity index (χ0n) is 18.6. The summed E-state index contributed by atoms with van der Waals surface area (Å²) in [6, 6.07) is 9.00. The number of hydrogen-bond donors (Lipinski definition) is 1. The average Bonchev–Trinajstić information content (AvgIpc) is 3.32. The van der Waals surface area contributed by atoms with Gasteiger partial charge in [-0.3, -0.25) is 18.8 Å². The quantitative estimate of drug-likeness (QED) is 0.340. The second-order valence-electron chi connectivity index (χ2n) is 7.81. The molecule has 4 heterocycles. The van der Waals surface area contributed by atoms with Crippen LogP contribution >= 0.6 is 34.4 Å². The van der Waals surface area contributed by atoms with Crippen molar-refractivity contribution in [3.8, 4) is 0 Å². The Morgan fingerprint density at radius 3 is 2.82 bits per heavy atom. The van der Waals surface area contributed by atoms with Gasteiger partial charge < -0.3 is 9.72 Å². The standard InChI is InChI=1S/C23H20N4O4S3/c1-11-12(2)33-21-19(11)20(29)25-17(26-21)10-32-13(3)22(30)31-9-14-8-18(28)27-15-6-4-5-7-16(15)34-23(27)24-14/h4-8,13H,9-10H2,1-3H3,(H,25,26,29)/t13-/m0/s1. The first-order chi connectivity index (χ1) is 16.3. The molecule has 0 saturated heterocycles. The van der Waals surface area contributed by atoms with E-state index >= 15 is 0 Å². The number of esters is 1. The van der Waals surface area contributed by atoms with Crippen molar-refractivity contribution in [2.75, 3.05) is 0 Å². The first kappa shape index (κ1) is 22.8. The molecule has 11 heteroatoms. The summed E-state index contributed by atoms with van der Waals surface area (Å²) < 4.78 is 7.94. The number of fused-ring (bicyclic) bond motifs is 4. The van der Waals surface area contributed by atoms with E-state index in [1.54, 1.807) is 11.3 Å². The van der Waals surface area contributed by atoms with E-state index in [0.29, 0.717) is 32.4 Å². The van der Waals surface area contributed by atoms with Crippen molar-refractivity contribution < 1.29 is 9.53 Å². The number of thiazole rings is 1. The van der Waals surface area contributed by atoms with Crippen LogP contribution in [-0.4, -0.2) is 30.6 Å². The Hall–Kier alpha value is -3.02. The van der Waals surface area contributed by atoms with Crippen LogP contribution in [0.25, 0.3) is 25.4 Å². The van der Waals surface area contributed by atoms with Gasteiger partial charge >= 0.3 is 5.97 Å². The lowest BCUT2D eigenvalue weighted by molar-refractivity contribution is -0.144. The normalized spacial score (nSPS) is 12.6. The van der Waals surface area contributed by atoms with Crippen LogP contribution in [0, 0.1) is 13.8 Å². The third kappa shape index (κ3) is 4.15. The lowest BCUT2D eigenvalue weighted by Crippen LogP contribution is -2.20. The van der Waals surface area contributed by atoms with Gasteiger partial charge in [-0.25, -0.2) is 9.97 Å². The van der Waals surface area contributed by atoms with E-state index in [1.807, 2.05) is 38.1 Å². The summed E-state index contributed by atoms with van der Waals surface area (Å²) in [6.45, 7) is 5.54. The van der Waals surface area contributed by atoms with Gasteiger partial charge in [-0.2, -0.15) is 0 Å². The minimum atomic E-state index is -0.484. The highest BCUT2D eigenvalue weighted by atomic mass is 32.2. The third-order valence-corrected chi connectivity index (χ3v) is 8.76. The molecule has 1 atom stereocenters. The molecule has 0 aliphatic carbocycles. The number of aromatic amines is 1. The monoisotopic (exact) mass is 512 g/mol. The molecule has 0 aliphatic rings. The fraction of sp³-hybridized carbons (Fsp3) is 0.261. The number of aromatic nitrogens is 4. The Kier molecular flexibility index (Phi) is 6.00. The Bertz CT molecular complexity index is 1680. The number of H-pyrrole nitrogens is 1. The minimum absolute atomic E-state index is 0.0848. The molecule has 0 spiro atoms. The van der Waals surface area contributed by atoms with Gasteiger partial charge in [-0.05, 0) is 38.5 Å². The maximum absolute atomic E-state index is 12.6. The number of nitrogens with zero attached hydrogens (tertiary/aromatic N) is 3. The van der Waals surface area contributed by atoms with E-state index in [0.717, 1.165) is 20.7 Å². The summed E-state index contributed by atoms with van der Waals surface area (Å²) in [4.78, 5) is 51.7. The van der Waals surface area contributed by atoms with Crippen molar-refractivity contribution in [2.45, 2.75) is 38.4 Å². The van der Waals surface area contributed by atoms with E-state index < -0.39 is 11.2 Å². The number of hydrogen-bond acceptors (Lipinski definition) is 9. The topological polar surface area (TPSA) is 106 Å². The Morgan fingerprint density at radius 2 is 2.00 bits per heavy atom. The lowest BCUT2D eigenvalue weighted by Gasteiger charge is -2.11. The molecule has 0 radical (unpaired) electrons. The number of nitrogens with one attached hydrogen (secondary N) is 1. The number of ether oxygens (including phenoxy) is 1. The van der Waals surface area contributed by atoms with Gasteiger partial charge in [0.2, 0.25) is 0 Å². The van der Waals surface area contributed by atoms with Crippen LogP contribution in [0.2, 0.25) is 0 Å². The highest BCUT2D eigenvalue weighted by Crippen LogP contribution is 2.27. The van der Waals surface area contributed by atoms with E-state index in [9.17, 15) is 14.4 Å². The van der Waals surface area contributed by atoms with Crippen LogP contribution in [-0.2, 0) is 21.9 Å². The molecule has 4 aromatic heterocycles. The highest BCUT2D eigenvalue weighted by molar-refractivity contribution is 7.99. The number of para-hydroxylation sites is 1. The van der Waals surface area contributed by atoms with Crippen LogP contribution in [0.1, 0.15) is 28.9 Å². The fourth-order valence-corrected chi connectivity index (χ4v) is 6.45. The number of thioether (sulfide) groups is 1. The van der Waals surface area contributed by atoms with Gasteiger partial charge in [0.05, 0.1) is 27.0 Å². The van der Waals surface area contributed by atoms with Crippen molar-refractivity contribution in [3.63, 3.8) is 0 Å². The van der Waals surface area contributed by atoms with Crippen LogP contribution in [0.5, 0.6) is 0 Å². The maximum atomic E-state index is 12.6. The van der Waals surface area contributed by atoms with E-state index in [-0.39, 0.29) is 17.7 Å². The van der Waals surface area contributed by atoms with Gasteiger partial charge in [0.25, 0.3) is 11.1 Å². The molecule has 0 bridgehead atoms. The van der Waals surface area contributed by atoms with Gasteiger partial charge in [-0.15, -0.1) is 23.1 Å². The molecular weight excluding hydrogens is 492 g/mol. The van der Waals surface area contributed by atoms with Crippen LogP contribution in [0.4, 0.5) is 0 Å². The zero-order valence-corrected chi connectivity index (χ0v) is 21.0. The molecule has 1 N–H and O–H groups in total. The van der Waals surface area contributed by atoms with Gasteiger partial charge in [0.1, 0.15) is 22.5 Å². The van der Waals surface area contributed by atoms with Crippen molar-refractivity contribution in [2.24, 2.45) is 0 Å². The minimum Gasteiger partial charge on any atom is -0.458 e. The van der Waals surface area contributed by atoms with Gasteiger partial charge in [-0.1, -0.05) is 23.5 Å². The number of benzene rings is 1. The van der Waals surface area contributed by atoms with Crippen LogP contribution in [0.15, 0.2) is 39.9 Å². The molecule has 174 valence electrons. The molecule has 0 saturated carbocycles. The van der Waals surface area contributed by atoms with Crippen molar-refractivity contribution >= 4 is 65.8 Å². The molecule has 34 heavy (non-hydrogen) atoms. The molecule has 0 unspecified atom stereocenters. The summed E-state index contributed by atoms with van der Waals surface area (Å²) in [5.41, 5.74) is 1.80. The molecule has 0 amide bonds. The maximum Gasteiger partial charge on any atom is 0.319 e. The second-order valence-corrected chi connectivity index (χ2v) is 11.4. The molecule has 0 fully saturated rings. The smallest absolute Gasteiger partial charge is 0.319 e. The van der Waals surface area contributed by atoms with Crippen molar-refractivity contribution in [3.05, 3.63) is 73.0 Å². The SMILES string of the molecule is Cc1sc2nc(CS[C@@H](C)C(=O)OCc3cc(=O)n4c(n3)sc3ccccc34)[nH]c(=O)c2c1C. The summed E-state index contributed by atoms with van der Waals surface area (Å²) in [5.74, 6) is 0.466. The molecule has 5 rings (SSSR count). The van der Waals surface area contributed by atoms with Crippen LogP contribution < -0.4 is 11.1 Å². The number of rotatable bonds is 6. The molecular formula is C23H20N4O4S3. The largest absolute Gasteiger partial charge is 0.458 e. The first-order valence-corrected chi connectivity index (χ1v) is 13.2. The fourth-order valence-electron chi connectivity index (χ4n) is 3.60. The number of aryl methyl sites for hydroxylation is 2. The Balaban J connectivity index is 1.25. The average molecular weight is 513 g/mol. The van der Waals surface area contributed by atoms with Crippen molar-refractivity contribution in [1.82, 2.24) is 19.4 Å². The number of carbonyl (C=O) groups is 1. The van der Waals surface area contributed by atoms with Gasteiger partial charge in [0, 0.05) is 10.9 Å². The Morgan fingerprint density at radius 1 is 1.21 bits per heavy atom. The zero-order chi connectivity index (χ0) is 24.0. The highest BCUT2D eigenvalue weighted by Gasteiger charge is 2.18. The first-order valence-electron chi connectivity index (χ1n) is 10.5. The Labute approximate surface area is 205 Å². The number of thiophene rings is 1. The third-order valence-electron chi connectivity index (χ3n) is 5.50. The van der Waals surface area contributed by atoms with E-state index in [4.69, 9.17) is 4.74 Å². The number of carbonyl (C=O) groups excluding carboxylic acids is 1. The summed E-state index contributed by atoms with van der Waals surface area (Å²) in [6.07, 6.45) is 0. The predicted molar refractivity (Wildman–Crippen MR) is 137 cm³/mol. The second kappa shape index (κ2) is 8.97. The van der Waals surface area contributed by atoms with E-state index in [1.165, 1.54) is 40.5 Å². The molecule has 5 aromatic rings. The predicted octanol–water partition coefficient (Wildman–Crippen LogP) is 4.19. The summed E-state index contributed by atoms with van der Waals surface area (Å²) >= 11 is 4.23. The lowest BCUT2D eigenvalue weighted by atomic mass is 10.2. The van der Waals surface area contributed by atoms with E-state index in [2.05, 4.69) is 15.0 Å². The summed E-state index contributed by atoms with van der Waals surface area (Å²) in [7, 11) is 0. The molecule has 1 aromatic carbocycles. The molecule has 0 aliphatic heterocycles. The van der Waals surface area contributed by atoms with Crippen LogP contribution in [0.3, 0.4) is 0 Å². The van der Waals surface area contributed by atoms with Crippen molar-refractivity contribution in [1.29, 1.82) is 0 Å².